The van der Waals surface area contributed by atoms with Gasteiger partial charge in [0.15, 0.2) is 0 Å². The summed E-state index contributed by atoms with van der Waals surface area (Å²) in [6, 6.07) is 8.52. The number of aromatic nitrogens is 2. The lowest BCUT2D eigenvalue weighted by Gasteiger charge is -2.22. The molecule has 0 saturated heterocycles. The molecule has 3 aromatic rings. The molecular weight excluding hydrogens is 305 g/mol. The smallest absolute Gasteiger partial charge is 0.226 e. The number of amides is 1. The molecule has 2 heterocycles. The number of hydrogen-bond acceptors (Lipinski definition) is 2. The van der Waals surface area contributed by atoms with Gasteiger partial charge in [0.1, 0.15) is 5.82 Å². The van der Waals surface area contributed by atoms with E-state index >= 15 is 0 Å². The third-order valence-electron chi connectivity index (χ3n) is 4.43. The van der Waals surface area contributed by atoms with Gasteiger partial charge in [-0.3, -0.25) is 9.78 Å². The Bertz CT molecular complexity index is 871. The van der Waals surface area contributed by atoms with Crippen molar-refractivity contribution in [2.24, 2.45) is 5.92 Å². The first kappa shape index (κ1) is 14.9. The number of H-pyrrole nitrogens is 1. The molecule has 5 heteroatoms. The van der Waals surface area contributed by atoms with Gasteiger partial charge in [-0.1, -0.05) is 6.07 Å². The zero-order chi connectivity index (χ0) is 16.5. The Hall–Kier alpha value is -2.69. The zero-order valence-electron chi connectivity index (χ0n) is 13.2. The number of fused-ring (bicyclic) bond motifs is 1. The Labute approximate surface area is 139 Å². The molecule has 1 amide bonds. The van der Waals surface area contributed by atoms with Crippen molar-refractivity contribution in [3.8, 4) is 0 Å². The standard InChI is InChI=1S/C19H18FN3O/c20-16-5-6-18-17(8-16)15(10-22-18)12-23(19(24)14-3-4-14)11-13-2-1-7-21-9-13/h1-2,5-10,14,22H,3-4,11-12H2. The van der Waals surface area contributed by atoms with E-state index in [1.165, 1.54) is 12.1 Å². The van der Waals surface area contributed by atoms with Gasteiger partial charge in [-0.2, -0.15) is 0 Å². The second-order valence-corrected chi connectivity index (χ2v) is 6.33. The normalized spacial score (nSPS) is 14.0. The maximum Gasteiger partial charge on any atom is 0.226 e. The number of carbonyl (C=O) groups excluding carboxylic acids is 1. The molecule has 1 N–H and O–H groups in total. The van der Waals surface area contributed by atoms with Gasteiger partial charge in [0, 0.05) is 48.5 Å². The Balaban J connectivity index is 1.62. The number of pyridine rings is 1. The first-order chi connectivity index (χ1) is 11.7. The summed E-state index contributed by atoms with van der Waals surface area (Å²) in [6.07, 6.45) is 7.29. The molecule has 0 spiro atoms. The SMILES string of the molecule is O=C(C1CC1)N(Cc1cccnc1)Cc1c[nH]c2ccc(F)cc12. The van der Waals surface area contributed by atoms with Gasteiger partial charge in [-0.25, -0.2) is 4.39 Å². The van der Waals surface area contributed by atoms with Gasteiger partial charge in [0.2, 0.25) is 5.91 Å². The molecule has 0 aliphatic heterocycles. The summed E-state index contributed by atoms with van der Waals surface area (Å²) in [5, 5.41) is 0.829. The van der Waals surface area contributed by atoms with Crippen LogP contribution >= 0.6 is 0 Å². The minimum Gasteiger partial charge on any atom is -0.361 e. The topological polar surface area (TPSA) is 49.0 Å². The van der Waals surface area contributed by atoms with E-state index in [4.69, 9.17) is 0 Å². The van der Waals surface area contributed by atoms with Crippen LogP contribution in [0.25, 0.3) is 10.9 Å². The Kier molecular flexibility index (Phi) is 3.76. The van der Waals surface area contributed by atoms with Crippen LogP contribution in [0.15, 0.2) is 48.9 Å². The molecule has 1 fully saturated rings. The van der Waals surface area contributed by atoms with Crippen LogP contribution in [0.3, 0.4) is 0 Å². The first-order valence-electron chi connectivity index (χ1n) is 8.14. The number of hydrogen-bond donors (Lipinski definition) is 1. The average Bonchev–Trinajstić information content (AvgIpc) is 3.37. The second-order valence-electron chi connectivity index (χ2n) is 6.33. The Morgan fingerprint density at radius 1 is 1.29 bits per heavy atom. The molecule has 1 aromatic carbocycles. The fourth-order valence-electron chi connectivity index (χ4n) is 3.00. The second kappa shape index (κ2) is 6.07. The molecule has 2 aromatic heterocycles. The van der Waals surface area contributed by atoms with Crippen LogP contribution in [-0.4, -0.2) is 20.8 Å². The summed E-state index contributed by atoms with van der Waals surface area (Å²) in [5.41, 5.74) is 2.81. The minimum atomic E-state index is -0.268. The van der Waals surface area contributed by atoms with E-state index < -0.39 is 0 Å². The number of halogens is 1. The minimum absolute atomic E-state index is 0.142. The van der Waals surface area contributed by atoms with E-state index in [0.29, 0.717) is 13.1 Å². The number of carbonyl (C=O) groups is 1. The van der Waals surface area contributed by atoms with Crippen LogP contribution in [0.5, 0.6) is 0 Å². The maximum atomic E-state index is 13.6. The number of rotatable bonds is 5. The molecule has 122 valence electrons. The lowest BCUT2D eigenvalue weighted by Crippen LogP contribution is -2.31. The number of benzene rings is 1. The van der Waals surface area contributed by atoms with Gasteiger partial charge < -0.3 is 9.88 Å². The fraction of sp³-hybridized carbons (Fsp3) is 0.263. The molecule has 0 atom stereocenters. The van der Waals surface area contributed by atoms with Gasteiger partial charge >= 0.3 is 0 Å². The molecule has 1 aliphatic carbocycles. The van der Waals surface area contributed by atoms with Crippen molar-refractivity contribution in [2.75, 3.05) is 0 Å². The monoisotopic (exact) mass is 323 g/mol. The van der Waals surface area contributed by atoms with Crippen molar-refractivity contribution in [1.82, 2.24) is 14.9 Å². The Morgan fingerprint density at radius 3 is 2.92 bits per heavy atom. The number of aromatic amines is 1. The van der Waals surface area contributed by atoms with Crippen LogP contribution < -0.4 is 0 Å². The summed E-state index contributed by atoms with van der Waals surface area (Å²) < 4.78 is 13.6. The van der Waals surface area contributed by atoms with Crippen molar-refractivity contribution in [2.45, 2.75) is 25.9 Å². The molecule has 4 nitrogen and oxygen atoms in total. The van der Waals surface area contributed by atoms with Crippen molar-refractivity contribution >= 4 is 16.8 Å². The highest BCUT2D eigenvalue weighted by Gasteiger charge is 2.33. The lowest BCUT2D eigenvalue weighted by atomic mass is 10.1. The first-order valence-corrected chi connectivity index (χ1v) is 8.14. The summed E-state index contributed by atoms with van der Waals surface area (Å²) in [5.74, 6) is 0.0453. The van der Waals surface area contributed by atoms with Crippen LogP contribution in [0.1, 0.15) is 24.0 Å². The molecule has 0 radical (unpaired) electrons. The van der Waals surface area contributed by atoms with E-state index in [1.54, 1.807) is 18.5 Å². The van der Waals surface area contributed by atoms with Crippen LogP contribution in [0.2, 0.25) is 0 Å². The van der Waals surface area contributed by atoms with E-state index in [2.05, 4.69) is 9.97 Å². The third kappa shape index (κ3) is 3.02. The highest BCUT2D eigenvalue weighted by Crippen LogP contribution is 2.32. The third-order valence-corrected chi connectivity index (χ3v) is 4.43. The largest absolute Gasteiger partial charge is 0.361 e. The van der Waals surface area contributed by atoms with Crippen LogP contribution in [0, 0.1) is 11.7 Å². The summed E-state index contributed by atoms with van der Waals surface area (Å²) >= 11 is 0. The van der Waals surface area contributed by atoms with Crippen molar-refractivity contribution in [1.29, 1.82) is 0 Å². The van der Waals surface area contributed by atoms with Gasteiger partial charge in [0.05, 0.1) is 0 Å². The molecular formula is C19H18FN3O. The quantitative estimate of drug-likeness (QED) is 0.779. The summed E-state index contributed by atoms with van der Waals surface area (Å²) in [4.78, 5) is 21.8. The van der Waals surface area contributed by atoms with Crippen LogP contribution in [-0.2, 0) is 17.9 Å². The lowest BCUT2D eigenvalue weighted by molar-refractivity contribution is -0.133. The predicted octanol–water partition coefficient (Wildman–Crippen LogP) is 3.64. The maximum absolute atomic E-state index is 13.6. The summed E-state index contributed by atoms with van der Waals surface area (Å²) in [7, 11) is 0. The fourth-order valence-corrected chi connectivity index (χ4v) is 3.00. The van der Waals surface area contributed by atoms with Crippen molar-refractivity contribution in [3.63, 3.8) is 0 Å². The van der Waals surface area contributed by atoms with Crippen molar-refractivity contribution in [3.05, 3.63) is 65.9 Å². The number of nitrogens with zero attached hydrogens (tertiary/aromatic N) is 2. The average molecular weight is 323 g/mol. The molecule has 24 heavy (non-hydrogen) atoms. The van der Waals surface area contributed by atoms with Gasteiger partial charge in [-0.05, 0) is 48.2 Å². The number of nitrogens with one attached hydrogen (secondary N) is 1. The molecule has 0 bridgehead atoms. The van der Waals surface area contributed by atoms with Gasteiger partial charge in [-0.15, -0.1) is 0 Å². The molecule has 0 unspecified atom stereocenters. The molecule has 1 saturated carbocycles. The van der Waals surface area contributed by atoms with E-state index in [1.807, 2.05) is 23.2 Å². The predicted molar refractivity (Wildman–Crippen MR) is 89.5 cm³/mol. The summed E-state index contributed by atoms with van der Waals surface area (Å²) in [6.45, 7) is 0.985. The Morgan fingerprint density at radius 2 is 2.17 bits per heavy atom. The van der Waals surface area contributed by atoms with Crippen molar-refractivity contribution < 1.29 is 9.18 Å². The highest BCUT2D eigenvalue weighted by atomic mass is 19.1. The highest BCUT2D eigenvalue weighted by molar-refractivity contribution is 5.85. The molecule has 1 aliphatic rings. The van der Waals surface area contributed by atoms with E-state index in [9.17, 15) is 9.18 Å². The van der Waals surface area contributed by atoms with Gasteiger partial charge in [0.25, 0.3) is 0 Å². The van der Waals surface area contributed by atoms with Crippen LogP contribution in [0.4, 0.5) is 4.39 Å². The van der Waals surface area contributed by atoms with E-state index in [-0.39, 0.29) is 17.6 Å². The zero-order valence-corrected chi connectivity index (χ0v) is 13.2. The van der Waals surface area contributed by atoms with E-state index in [0.717, 1.165) is 34.9 Å². The molecule has 4 rings (SSSR count).